The third kappa shape index (κ3) is 4.21. The second-order valence-corrected chi connectivity index (χ2v) is 10.8. The number of fused-ring (bicyclic) bond motifs is 1. The van der Waals surface area contributed by atoms with Gasteiger partial charge in [-0.05, 0) is 117 Å². The normalized spacial score (nSPS) is 23.8. The van der Waals surface area contributed by atoms with Crippen LogP contribution < -0.4 is 0 Å². The zero-order valence-electron chi connectivity index (χ0n) is 19.5. The van der Waals surface area contributed by atoms with Gasteiger partial charge in [0.2, 0.25) is 0 Å². The summed E-state index contributed by atoms with van der Waals surface area (Å²) in [6.45, 7) is 4.32. The molecule has 1 saturated heterocycles. The molecule has 172 valence electrons. The van der Waals surface area contributed by atoms with Gasteiger partial charge in [-0.25, -0.2) is 4.79 Å². The number of nitrogens with one attached hydrogen (secondary N) is 1. The van der Waals surface area contributed by atoms with E-state index in [2.05, 4.69) is 47.3 Å². The third-order valence-electron chi connectivity index (χ3n) is 8.40. The highest BCUT2D eigenvalue weighted by atomic mass is 16.4. The fourth-order valence-electron chi connectivity index (χ4n) is 6.17. The topological polar surface area (TPSA) is 56.3 Å². The maximum Gasteiger partial charge on any atom is 0.335 e. The number of hydrogen-bond donors (Lipinski definition) is 2. The second-order valence-electron chi connectivity index (χ2n) is 10.8. The quantitative estimate of drug-likeness (QED) is 0.440. The molecular weight excluding hydrogens is 408 g/mol. The number of carboxylic acid groups (broad SMARTS) is 1. The van der Waals surface area contributed by atoms with Crippen molar-refractivity contribution >= 4 is 16.9 Å². The molecule has 2 saturated carbocycles. The van der Waals surface area contributed by atoms with Crippen molar-refractivity contribution in [1.29, 1.82) is 0 Å². The van der Waals surface area contributed by atoms with Crippen LogP contribution in [0.15, 0.2) is 42.6 Å². The second kappa shape index (κ2) is 8.32. The van der Waals surface area contributed by atoms with E-state index in [1.54, 1.807) is 12.1 Å². The van der Waals surface area contributed by atoms with E-state index >= 15 is 0 Å². The van der Waals surface area contributed by atoms with Crippen molar-refractivity contribution < 1.29 is 9.90 Å². The highest BCUT2D eigenvalue weighted by Gasteiger charge is 2.38. The fourth-order valence-corrected chi connectivity index (χ4v) is 6.17. The minimum Gasteiger partial charge on any atom is -0.478 e. The maximum atomic E-state index is 11.4. The molecule has 3 aromatic rings. The molecular formula is C29H34N2O2. The first-order chi connectivity index (χ1) is 16.1. The molecule has 0 unspecified atom stereocenters. The SMILES string of the molecule is Cc1cc(CC2CC2)c(CN2CC[C@@H](C3CC3)C[C@H]2c2ccc(C(=O)O)cc2)c2cc[nH]c12. The summed E-state index contributed by atoms with van der Waals surface area (Å²) in [5.74, 6) is 1.73. The summed E-state index contributed by atoms with van der Waals surface area (Å²) in [6.07, 6.45) is 11.3. The van der Waals surface area contributed by atoms with E-state index in [0.29, 0.717) is 11.6 Å². The number of carboxylic acids is 1. The predicted molar refractivity (Wildman–Crippen MR) is 131 cm³/mol. The number of rotatable bonds is 7. The molecule has 2 heterocycles. The van der Waals surface area contributed by atoms with Gasteiger partial charge in [-0.2, -0.15) is 0 Å². The first-order valence-electron chi connectivity index (χ1n) is 12.7. The van der Waals surface area contributed by atoms with Gasteiger partial charge in [0.1, 0.15) is 0 Å². The van der Waals surface area contributed by atoms with E-state index in [0.717, 1.165) is 30.8 Å². The number of nitrogens with zero attached hydrogens (tertiary/aromatic N) is 1. The van der Waals surface area contributed by atoms with E-state index in [1.165, 1.54) is 78.1 Å². The number of piperidine rings is 1. The lowest BCUT2D eigenvalue weighted by atomic mass is 9.83. The van der Waals surface area contributed by atoms with Gasteiger partial charge in [-0.3, -0.25) is 4.90 Å². The molecule has 4 heteroatoms. The van der Waals surface area contributed by atoms with Crippen LogP contribution in [0.5, 0.6) is 0 Å². The molecule has 3 aliphatic rings. The van der Waals surface area contributed by atoms with Crippen molar-refractivity contribution in [1.82, 2.24) is 9.88 Å². The summed E-state index contributed by atoms with van der Waals surface area (Å²) in [6, 6.07) is 12.7. The van der Waals surface area contributed by atoms with Crippen molar-refractivity contribution in [3.8, 4) is 0 Å². The van der Waals surface area contributed by atoms with Gasteiger partial charge in [0.25, 0.3) is 0 Å². The van der Waals surface area contributed by atoms with Gasteiger partial charge in [-0.1, -0.05) is 18.2 Å². The molecule has 2 aromatic carbocycles. The summed E-state index contributed by atoms with van der Waals surface area (Å²) >= 11 is 0. The molecule has 1 aliphatic heterocycles. The zero-order valence-corrected chi connectivity index (χ0v) is 19.5. The summed E-state index contributed by atoms with van der Waals surface area (Å²) in [5, 5.41) is 10.7. The smallest absolute Gasteiger partial charge is 0.335 e. The first kappa shape index (κ1) is 21.0. The number of aromatic amines is 1. The molecule has 33 heavy (non-hydrogen) atoms. The molecule has 2 aliphatic carbocycles. The van der Waals surface area contributed by atoms with E-state index in [-0.39, 0.29) is 0 Å². The van der Waals surface area contributed by atoms with Gasteiger partial charge < -0.3 is 10.1 Å². The van der Waals surface area contributed by atoms with Crippen LogP contribution >= 0.6 is 0 Å². The number of likely N-dealkylation sites (tertiary alicyclic amines) is 1. The van der Waals surface area contributed by atoms with Gasteiger partial charge in [0.05, 0.1) is 5.56 Å². The minimum atomic E-state index is -0.850. The lowest BCUT2D eigenvalue weighted by Gasteiger charge is -2.40. The van der Waals surface area contributed by atoms with Crippen LogP contribution in [0, 0.1) is 24.7 Å². The van der Waals surface area contributed by atoms with Crippen molar-refractivity contribution in [2.24, 2.45) is 17.8 Å². The number of aromatic carboxylic acids is 1. The average molecular weight is 443 g/mol. The fraction of sp³-hybridized carbons (Fsp3) is 0.483. The summed E-state index contributed by atoms with van der Waals surface area (Å²) < 4.78 is 0. The van der Waals surface area contributed by atoms with Gasteiger partial charge >= 0.3 is 5.97 Å². The van der Waals surface area contributed by atoms with Crippen LogP contribution in [0.3, 0.4) is 0 Å². The molecule has 0 radical (unpaired) electrons. The Labute approximate surface area is 196 Å². The zero-order chi connectivity index (χ0) is 22.5. The van der Waals surface area contributed by atoms with E-state index in [9.17, 15) is 9.90 Å². The molecule has 6 rings (SSSR count). The van der Waals surface area contributed by atoms with Crippen LogP contribution in [0.4, 0.5) is 0 Å². The Morgan fingerprint density at radius 3 is 2.55 bits per heavy atom. The van der Waals surface area contributed by atoms with Crippen molar-refractivity contribution in [3.05, 3.63) is 70.4 Å². The number of carbonyl (C=O) groups is 1. The van der Waals surface area contributed by atoms with E-state index < -0.39 is 5.97 Å². The molecule has 1 aromatic heterocycles. The third-order valence-corrected chi connectivity index (χ3v) is 8.40. The van der Waals surface area contributed by atoms with E-state index in [1.807, 2.05) is 0 Å². The largest absolute Gasteiger partial charge is 0.478 e. The summed E-state index contributed by atoms with van der Waals surface area (Å²) in [4.78, 5) is 17.5. The summed E-state index contributed by atoms with van der Waals surface area (Å²) in [7, 11) is 0. The maximum absolute atomic E-state index is 11.4. The minimum absolute atomic E-state index is 0.358. The lowest BCUT2D eigenvalue weighted by Crippen LogP contribution is -2.37. The van der Waals surface area contributed by atoms with Crippen LogP contribution in [-0.2, 0) is 13.0 Å². The van der Waals surface area contributed by atoms with Crippen LogP contribution in [0.25, 0.3) is 10.9 Å². The molecule has 0 spiro atoms. The molecule has 0 bridgehead atoms. The lowest BCUT2D eigenvalue weighted by molar-refractivity contribution is 0.0696. The van der Waals surface area contributed by atoms with E-state index in [4.69, 9.17) is 0 Å². The van der Waals surface area contributed by atoms with Crippen LogP contribution in [0.2, 0.25) is 0 Å². The number of benzene rings is 2. The highest BCUT2D eigenvalue weighted by molar-refractivity contribution is 5.88. The Hall–Kier alpha value is -2.59. The van der Waals surface area contributed by atoms with Crippen molar-refractivity contribution in [2.75, 3.05) is 6.54 Å². The number of H-pyrrole nitrogens is 1. The molecule has 0 amide bonds. The first-order valence-corrected chi connectivity index (χ1v) is 12.7. The van der Waals surface area contributed by atoms with Gasteiger partial charge in [0.15, 0.2) is 0 Å². The van der Waals surface area contributed by atoms with Crippen LogP contribution in [-0.4, -0.2) is 27.5 Å². The predicted octanol–water partition coefficient (Wildman–Crippen LogP) is 6.49. The van der Waals surface area contributed by atoms with Gasteiger partial charge in [-0.15, -0.1) is 0 Å². The highest BCUT2D eigenvalue weighted by Crippen LogP contribution is 2.47. The molecule has 2 atom stereocenters. The number of hydrogen-bond acceptors (Lipinski definition) is 2. The molecule has 4 nitrogen and oxygen atoms in total. The monoisotopic (exact) mass is 442 g/mol. The summed E-state index contributed by atoms with van der Waals surface area (Å²) in [5.41, 5.74) is 7.31. The Morgan fingerprint density at radius 1 is 1.06 bits per heavy atom. The Kier molecular flexibility index (Phi) is 5.29. The van der Waals surface area contributed by atoms with Crippen molar-refractivity contribution in [3.63, 3.8) is 0 Å². The van der Waals surface area contributed by atoms with Gasteiger partial charge in [0, 0.05) is 29.7 Å². The molecule has 2 N–H and O–H groups in total. The Bertz CT molecular complexity index is 1170. The van der Waals surface area contributed by atoms with Crippen molar-refractivity contribution in [2.45, 2.75) is 64.5 Å². The Balaban J connectivity index is 1.35. The number of aryl methyl sites for hydroxylation is 1. The molecule has 3 fully saturated rings. The standard InChI is InChI=1S/C29H34N2O2/c1-18-14-24(15-19-2-3-19)26(25-10-12-30-28(18)25)17-31-13-11-23(20-4-5-20)16-27(31)21-6-8-22(9-7-21)29(32)33/h6-10,12,14,19-20,23,27,30H,2-5,11,13,15-17H2,1H3,(H,32,33)/t23-,27+/m1/s1. The average Bonchev–Trinajstić information content (AvgIpc) is 3.75. The Morgan fingerprint density at radius 2 is 1.85 bits per heavy atom. The number of aromatic nitrogens is 1. The van der Waals surface area contributed by atoms with Crippen LogP contribution in [0.1, 0.15) is 77.2 Å².